The van der Waals surface area contributed by atoms with Crippen LogP contribution in [0.2, 0.25) is 0 Å². The molecule has 0 saturated carbocycles. The molecule has 2 rings (SSSR count). The summed E-state index contributed by atoms with van der Waals surface area (Å²) in [4.78, 5) is 76.1. The Morgan fingerprint density at radius 2 is 1.49 bits per heavy atom. The number of para-hydroxylation sites is 1. The maximum atomic E-state index is 13.2. The van der Waals surface area contributed by atoms with Crippen molar-refractivity contribution < 1.29 is 39.0 Å². The molecule has 1 aromatic carbocycles. The molecule has 0 aliphatic rings. The van der Waals surface area contributed by atoms with Gasteiger partial charge in [-0.15, -0.1) is 0 Å². The van der Waals surface area contributed by atoms with Gasteiger partial charge >= 0.3 is 11.9 Å². The lowest BCUT2D eigenvalue weighted by Gasteiger charge is -2.25. The van der Waals surface area contributed by atoms with Gasteiger partial charge in [0.1, 0.15) is 18.1 Å². The second-order valence-corrected chi connectivity index (χ2v) is 9.46. The highest BCUT2D eigenvalue weighted by Crippen LogP contribution is 2.19. The van der Waals surface area contributed by atoms with E-state index in [1.807, 2.05) is 0 Å². The van der Waals surface area contributed by atoms with Crippen LogP contribution in [0, 0.1) is 5.92 Å². The number of carboxylic acids is 2. The normalized spacial score (nSPS) is 14.2. The molecule has 0 aliphatic heterocycles. The Balaban J connectivity index is 2.34. The number of amides is 4. The maximum Gasteiger partial charge on any atom is 0.326 e. The van der Waals surface area contributed by atoms with E-state index >= 15 is 0 Å². The Morgan fingerprint density at radius 1 is 0.897 bits per heavy atom. The number of fused-ring (bicyclic) bond motifs is 1. The van der Waals surface area contributed by atoms with E-state index in [1.54, 1.807) is 44.3 Å². The van der Waals surface area contributed by atoms with Gasteiger partial charge in [0.2, 0.25) is 23.6 Å². The molecule has 4 atom stereocenters. The number of aromatic nitrogens is 1. The molecule has 0 spiro atoms. The van der Waals surface area contributed by atoms with Crippen molar-refractivity contribution in [2.75, 3.05) is 0 Å². The highest BCUT2D eigenvalue weighted by atomic mass is 16.4. The van der Waals surface area contributed by atoms with E-state index in [-0.39, 0.29) is 12.3 Å². The molecule has 0 fully saturated rings. The van der Waals surface area contributed by atoms with E-state index in [0.29, 0.717) is 5.56 Å². The largest absolute Gasteiger partial charge is 0.481 e. The minimum atomic E-state index is -1.54. The van der Waals surface area contributed by atoms with Gasteiger partial charge in [0.05, 0.1) is 12.5 Å². The molecule has 4 amide bonds. The van der Waals surface area contributed by atoms with Crippen LogP contribution in [0.25, 0.3) is 10.9 Å². The van der Waals surface area contributed by atoms with Gasteiger partial charge in [-0.3, -0.25) is 24.0 Å². The summed E-state index contributed by atoms with van der Waals surface area (Å²) in [6.45, 7) is 3.39. The van der Waals surface area contributed by atoms with Gasteiger partial charge in [-0.05, 0) is 24.0 Å². The van der Waals surface area contributed by atoms with Crippen LogP contribution in [0.15, 0.2) is 30.5 Å². The number of carboxylic acid groups (broad SMARTS) is 2. The van der Waals surface area contributed by atoms with Crippen LogP contribution in [0.4, 0.5) is 0 Å². The SMILES string of the molecule is CC(C)C(N)C(=O)NC(CC(N)=O)C(=O)NC(Cc1c[nH]c2ccccc12)C(=O)NC(CCC(=O)O)C(=O)O. The average molecular weight is 547 g/mol. The summed E-state index contributed by atoms with van der Waals surface area (Å²) in [6.07, 6.45) is 0.0352. The van der Waals surface area contributed by atoms with Crippen LogP contribution < -0.4 is 27.4 Å². The predicted octanol–water partition coefficient (Wildman–Crippen LogP) is -1.03. The van der Waals surface area contributed by atoms with E-state index in [0.717, 1.165) is 10.9 Å². The zero-order valence-electron chi connectivity index (χ0n) is 21.6. The standard InChI is InChI=1S/C25H34N6O8/c1-12(2)21(27)24(37)31-18(10-19(26)32)23(36)30-17(9-13-11-28-15-6-4-3-5-14(13)15)22(35)29-16(25(38)39)7-8-20(33)34/h3-6,11-12,16-18,21,28H,7-10,27H2,1-2H3,(H2,26,32)(H,29,35)(H,30,36)(H,31,37)(H,33,34)(H,38,39). The molecule has 1 aromatic heterocycles. The fourth-order valence-electron chi connectivity index (χ4n) is 3.78. The van der Waals surface area contributed by atoms with Crippen molar-refractivity contribution in [1.82, 2.24) is 20.9 Å². The van der Waals surface area contributed by atoms with Gasteiger partial charge in [0, 0.05) is 29.9 Å². The van der Waals surface area contributed by atoms with Gasteiger partial charge in [0.25, 0.3) is 0 Å². The molecule has 0 saturated heterocycles. The highest BCUT2D eigenvalue weighted by molar-refractivity contribution is 5.96. The molecule has 1 heterocycles. The van der Waals surface area contributed by atoms with Gasteiger partial charge in [-0.1, -0.05) is 32.0 Å². The lowest BCUT2D eigenvalue weighted by molar-refractivity contribution is -0.143. The van der Waals surface area contributed by atoms with Crippen molar-refractivity contribution in [3.63, 3.8) is 0 Å². The molecule has 14 nitrogen and oxygen atoms in total. The van der Waals surface area contributed by atoms with Crippen molar-refractivity contribution in [2.45, 2.75) is 63.7 Å². The topological polar surface area (TPSA) is 247 Å². The van der Waals surface area contributed by atoms with Crippen molar-refractivity contribution >= 4 is 46.5 Å². The fourth-order valence-corrected chi connectivity index (χ4v) is 3.78. The minimum Gasteiger partial charge on any atom is -0.481 e. The molecule has 4 unspecified atom stereocenters. The van der Waals surface area contributed by atoms with E-state index in [9.17, 15) is 33.9 Å². The first kappa shape index (κ1) is 30.8. The molecule has 2 aromatic rings. The second-order valence-electron chi connectivity index (χ2n) is 9.46. The Kier molecular flexibility index (Phi) is 11.0. The molecule has 212 valence electrons. The van der Waals surface area contributed by atoms with Crippen LogP contribution in [0.1, 0.15) is 38.7 Å². The highest BCUT2D eigenvalue weighted by Gasteiger charge is 2.32. The Hall–Kier alpha value is -4.46. The number of nitrogens with two attached hydrogens (primary N) is 2. The van der Waals surface area contributed by atoms with Crippen LogP contribution in [-0.4, -0.2) is 74.9 Å². The first-order valence-corrected chi connectivity index (χ1v) is 12.2. The summed E-state index contributed by atoms with van der Waals surface area (Å²) < 4.78 is 0. The van der Waals surface area contributed by atoms with Gasteiger partial charge in [-0.2, -0.15) is 0 Å². The summed E-state index contributed by atoms with van der Waals surface area (Å²) in [5, 5.41) is 26.2. The third-order valence-electron chi connectivity index (χ3n) is 6.05. The summed E-state index contributed by atoms with van der Waals surface area (Å²) in [5.41, 5.74) is 12.5. The molecule has 39 heavy (non-hydrogen) atoms. The summed E-state index contributed by atoms with van der Waals surface area (Å²) in [6, 6.07) is 1.81. The number of hydrogen-bond donors (Lipinski definition) is 8. The number of aliphatic carboxylic acids is 2. The predicted molar refractivity (Wildman–Crippen MR) is 139 cm³/mol. The summed E-state index contributed by atoms with van der Waals surface area (Å²) in [7, 11) is 0. The maximum absolute atomic E-state index is 13.2. The number of primary amides is 1. The van der Waals surface area contributed by atoms with Crippen LogP contribution >= 0.6 is 0 Å². The minimum absolute atomic E-state index is 0.102. The van der Waals surface area contributed by atoms with E-state index in [2.05, 4.69) is 20.9 Å². The number of benzene rings is 1. The number of carbonyl (C=O) groups excluding carboxylic acids is 4. The lowest BCUT2D eigenvalue weighted by atomic mass is 10.0. The number of aromatic amines is 1. The second kappa shape index (κ2) is 13.9. The van der Waals surface area contributed by atoms with Crippen molar-refractivity contribution in [3.05, 3.63) is 36.0 Å². The van der Waals surface area contributed by atoms with Gasteiger partial charge in [-0.25, -0.2) is 4.79 Å². The number of rotatable bonds is 15. The number of nitrogens with one attached hydrogen (secondary N) is 4. The molecule has 14 heteroatoms. The third kappa shape index (κ3) is 9.10. The third-order valence-corrected chi connectivity index (χ3v) is 6.05. The fraction of sp³-hybridized carbons (Fsp3) is 0.440. The van der Waals surface area contributed by atoms with Crippen LogP contribution in [-0.2, 0) is 35.2 Å². The Bertz CT molecular complexity index is 1230. The molecular weight excluding hydrogens is 512 g/mol. The zero-order chi connectivity index (χ0) is 29.3. The molecule has 0 radical (unpaired) electrons. The number of carbonyl (C=O) groups is 6. The summed E-state index contributed by atoms with van der Waals surface area (Å²) >= 11 is 0. The van der Waals surface area contributed by atoms with Gasteiger partial charge in [0.15, 0.2) is 0 Å². The average Bonchev–Trinajstić information content (AvgIpc) is 3.27. The first-order valence-electron chi connectivity index (χ1n) is 12.2. The molecular formula is C25H34N6O8. The van der Waals surface area contributed by atoms with E-state index in [1.165, 1.54) is 0 Å². The van der Waals surface area contributed by atoms with Crippen molar-refractivity contribution in [2.24, 2.45) is 17.4 Å². The first-order chi connectivity index (χ1) is 18.3. The number of H-pyrrole nitrogens is 1. The quantitative estimate of drug-likeness (QED) is 0.136. The van der Waals surface area contributed by atoms with Crippen LogP contribution in [0.3, 0.4) is 0 Å². The Morgan fingerprint density at radius 3 is 2.08 bits per heavy atom. The lowest BCUT2D eigenvalue weighted by Crippen LogP contribution is -2.58. The smallest absolute Gasteiger partial charge is 0.326 e. The Labute approximate surface area is 223 Å². The summed E-state index contributed by atoms with van der Waals surface area (Å²) in [5.74, 6) is -6.41. The molecule has 0 bridgehead atoms. The van der Waals surface area contributed by atoms with E-state index < -0.39 is 79.0 Å². The van der Waals surface area contributed by atoms with Crippen molar-refractivity contribution in [1.29, 1.82) is 0 Å². The number of hydrogen-bond acceptors (Lipinski definition) is 7. The molecule has 10 N–H and O–H groups in total. The molecule has 0 aliphatic carbocycles. The zero-order valence-corrected chi connectivity index (χ0v) is 21.6. The van der Waals surface area contributed by atoms with Crippen LogP contribution in [0.5, 0.6) is 0 Å². The van der Waals surface area contributed by atoms with Gasteiger partial charge < -0.3 is 42.6 Å². The van der Waals surface area contributed by atoms with E-state index in [4.69, 9.17) is 16.6 Å². The van der Waals surface area contributed by atoms with Crippen molar-refractivity contribution in [3.8, 4) is 0 Å². The monoisotopic (exact) mass is 546 g/mol.